The molecule has 0 aliphatic carbocycles. The molecule has 4 aromatic rings. The summed E-state index contributed by atoms with van der Waals surface area (Å²) in [6, 6.07) is 30.4. The molecule has 0 spiro atoms. The van der Waals surface area contributed by atoms with Gasteiger partial charge in [0.15, 0.2) is 0 Å². The molecule has 124 valence electrons. The summed E-state index contributed by atoms with van der Waals surface area (Å²) >= 11 is 0. The van der Waals surface area contributed by atoms with Crippen molar-refractivity contribution in [2.75, 3.05) is 14.1 Å². The monoisotopic (exact) mass is 437 g/mol. The molecule has 2 heteroatoms. The zero-order valence-corrected chi connectivity index (χ0v) is 16.6. The van der Waals surface area contributed by atoms with Crippen LogP contribution in [-0.2, 0) is 0 Å². The van der Waals surface area contributed by atoms with Crippen molar-refractivity contribution in [3.63, 3.8) is 0 Å². The summed E-state index contributed by atoms with van der Waals surface area (Å²) in [6.07, 6.45) is 0. The Bertz CT molecular complexity index is 994. The Hall–Kier alpha value is -2.20. The molecule has 0 aromatic heterocycles. The van der Waals surface area contributed by atoms with Crippen LogP contribution in [0.2, 0.25) is 0 Å². The van der Waals surface area contributed by atoms with E-state index < -0.39 is 0 Å². The molecule has 0 unspecified atom stereocenters. The summed E-state index contributed by atoms with van der Waals surface area (Å²) in [7, 11) is 4.22. The van der Waals surface area contributed by atoms with Crippen molar-refractivity contribution >= 4 is 27.3 Å². The molecule has 0 saturated carbocycles. The van der Waals surface area contributed by atoms with Crippen molar-refractivity contribution in [1.29, 1.82) is 0 Å². The third-order valence-electron chi connectivity index (χ3n) is 4.49. The summed E-state index contributed by atoms with van der Waals surface area (Å²) in [5, 5.41) is 5.10. The van der Waals surface area contributed by atoms with Gasteiger partial charge in [-0.05, 0) is 45.8 Å². The van der Waals surface area contributed by atoms with Gasteiger partial charge in [0, 0.05) is 11.1 Å². The Labute approximate surface area is 165 Å². The zero-order valence-electron chi connectivity index (χ0n) is 14.4. The maximum absolute atomic E-state index is 2.28. The molecule has 0 aliphatic rings. The molecule has 0 aliphatic heterocycles. The predicted molar refractivity (Wildman–Crippen MR) is 103 cm³/mol. The first-order valence-electron chi connectivity index (χ1n) is 8.25. The van der Waals surface area contributed by atoms with Gasteiger partial charge in [-0.25, -0.2) is 4.58 Å². The third kappa shape index (κ3) is 3.45. The van der Waals surface area contributed by atoms with Crippen LogP contribution in [0.1, 0.15) is 11.1 Å². The van der Waals surface area contributed by atoms with Crippen LogP contribution < -0.4 is 24.0 Å². The van der Waals surface area contributed by atoms with Gasteiger partial charge in [0.05, 0.1) is 0 Å². The third-order valence-corrected chi connectivity index (χ3v) is 4.49. The molecular formula is C23H20IN. The van der Waals surface area contributed by atoms with E-state index in [2.05, 4.69) is 104 Å². The average Bonchev–Trinajstić information content (AvgIpc) is 2.61. The van der Waals surface area contributed by atoms with Crippen molar-refractivity contribution < 1.29 is 28.6 Å². The highest BCUT2D eigenvalue weighted by Crippen LogP contribution is 2.21. The minimum absolute atomic E-state index is 0. The van der Waals surface area contributed by atoms with E-state index >= 15 is 0 Å². The SMILES string of the molecule is C[N+](C)=C(c1ccc2ccccc2c1)c1ccc2ccccc2c1.[I-]. The van der Waals surface area contributed by atoms with Gasteiger partial charge in [-0.1, -0.05) is 60.7 Å². The fourth-order valence-corrected chi connectivity index (χ4v) is 3.36. The standard InChI is InChI=1S/C23H20N.HI/c1-24(2)23(21-13-11-17-7-3-5-9-19(17)15-21)22-14-12-18-8-4-6-10-20(18)16-22;/h3-16H,1-2H3;1H/q+1;/p-1. The van der Waals surface area contributed by atoms with E-state index in [-0.39, 0.29) is 24.0 Å². The van der Waals surface area contributed by atoms with Crippen LogP contribution in [0.15, 0.2) is 84.9 Å². The van der Waals surface area contributed by atoms with E-state index in [1.807, 2.05) is 0 Å². The quantitative estimate of drug-likeness (QED) is 0.257. The van der Waals surface area contributed by atoms with E-state index in [0.29, 0.717) is 0 Å². The van der Waals surface area contributed by atoms with E-state index in [0.717, 1.165) is 0 Å². The van der Waals surface area contributed by atoms with Crippen LogP contribution in [0.5, 0.6) is 0 Å². The minimum Gasteiger partial charge on any atom is -1.00 e. The van der Waals surface area contributed by atoms with Gasteiger partial charge in [0.25, 0.3) is 0 Å². The van der Waals surface area contributed by atoms with Crippen LogP contribution in [0.4, 0.5) is 0 Å². The summed E-state index contributed by atoms with van der Waals surface area (Å²) in [6.45, 7) is 0. The van der Waals surface area contributed by atoms with Gasteiger partial charge in [-0.15, -0.1) is 0 Å². The first kappa shape index (κ1) is 17.6. The largest absolute Gasteiger partial charge is 1.00 e. The molecule has 0 saturated heterocycles. The Morgan fingerprint density at radius 3 is 1.36 bits per heavy atom. The van der Waals surface area contributed by atoms with Crippen LogP contribution in [-0.4, -0.2) is 24.4 Å². The zero-order chi connectivity index (χ0) is 16.5. The lowest BCUT2D eigenvalue weighted by atomic mass is 9.97. The molecule has 25 heavy (non-hydrogen) atoms. The number of hydrogen-bond acceptors (Lipinski definition) is 0. The highest BCUT2D eigenvalue weighted by atomic mass is 127. The Kier molecular flexibility index (Phi) is 5.19. The van der Waals surface area contributed by atoms with E-state index in [1.54, 1.807) is 0 Å². The van der Waals surface area contributed by atoms with Crippen molar-refractivity contribution in [3.8, 4) is 0 Å². The summed E-state index contributed by atoms with van der Waals surface area (Å²) < 4.78 is 2.20. The lowest BCUT2D eigenvalue weighted by Gasteiger charge is -2.08. The van der Waals surface area contributed by atoms with E-state index in [4.69, 9.17) is 0 Å². The summed E-state index contributed by atoms with van der Waals surface area (Å²) in [5.74, 6) is 0. The van der Waals surface area contributed by atoms with Crippen LogP contribution in [0.25, 0.3) is 21.5 Å². The Balaban J connectivity index is 0.00000182. The number of hydrogen-bond donors (Lipinski definition) is 0. The molecule has 0 heterocycles. The van der Waals surface area contributed by atoms with Crippen molar-refractivity contribution in [2.45, 2.75) is 0 Å². The van der Waals surface area contributed by atoms with Gasteiger partial charge < -0.3 is 24.0 Å². The first-order chi connectivity index (χ1) is 11.7. The van der Waals surface area contributed by atoms with Crippen molar-refractivity contribution in [2.24, 2.45) is 0 Å². The molecular weight excluding hydrogens is 417 g/mol. The van der Waals surface area contributed by atoms with Crippen molar-refractivity contribution in [3.05, 3.63) is 96.1 Å². The fourth-order valence-electron chi connectivity index (χ4n) is 3.36. The second-order valence-corrected chi connectivity index (χ2v) is 6.37. The Morgan fingerprint density at radius 2 is 0.960 bits per heavy atom. The molecule has 0 amide bonds. The molecule has 1 nitrogen and oxygen atoms in total. The highest BCUT2D eigenvalue weighted by molar-refractivity contribution is 6.12. The number of fused-ring (bicyclic) bond motifs is 2. The summed E-state index contributed by atoms with van der Waals surface area (Å²) in [4.78, 5) is 0. The number of rotatable bonds is 2. The van der Waals surface area contributed by atoms with Crippen LogP contribution >= 0.6 is 0 Å². The highest BCUT2D eigenvalue weighted by Gasteiger charge is 2.15. The molecule has 4 aromatic carbocycles. The smallest absolute Gasteiger partial charge is 0.214 e. The second-order valence-electron chi connectivity index (χ2n) is 6.37. The minimum atomic E-state index is 0. The molecule has 0 radical (unpaired) electrons. The molecule has 0 fully saturated rings. The molecule has 0 N–H and O–H groups in total. The molecule has 4 rings (SSSR count). The second kappa shape index (κ2) is 7.36. The predicted octanol–water partition coefficient (Wildman–Crippen LogP) is 2.11. The Morgan fingerprint density at radius 1 is 0.560 bits per heavy atom. The van der Waals surface area contributed by atoms with Crippen LogP contribution in [0.3, 0.4) is 0 Å². The first-order valence-corrected chi connectivity index (χ1v) is 8.25. The van der Waals surface area contributed by atoms with E-state index in [1.165, 1.54) is 38.4 Å². The van der Waals surface area contributed by atoms with E-state index in [9.17, 15) is 0 Å². The van der Waals surface area contributed by atoms with Gasteiger partial charge in [0.2, 0.25) is 5.71 Å². The maximum Gasteiger partial charge on any atom is 0.214 e. The average molecular weight is 437 g/mol. The number of nitrogens with zero attached hydrogens (tertiary/aromatic N) is 1. The topological polar surface area (TPSA) is 3.01 Å². The van der Waals surface area contributed by atoms with Crippen LogP contribution in [0, 0.1) is 0 Å². The van der Waals surface area contributed by atoms with Gasteiger partial charge in [0.1, 0.15) is 14.1 Å². The number of halogens is 1. The number of benzene rings is 4. The normalized spacial score (nSPS) is 10.5. The summed E-state index contributed by atoms with van der Waals surface area (Å²) in [5.41, 5.74) is 3.73. The van der Waals surface area contributed by atoms with Gasteiger partial charge >= 0.3 is 0 Å². The lowest BCUT2D eigenvalue weighted by Crippen LogP contribution is -3.00. The molecule has 0 atom stereocenters. The van der Waals surface area contributed by atoms with Gasteiger partial charge in [-0.3, -0.25) is 0 Å². The maximum atomic E-state index is 2.28. The lowest BCUT2D eigenvalue weighted by molar-refractivity contribution is -0.463. The molecule has 0 bridgehead atoms. The fraction of sp³-hybridized carbons (Fsp3) is 0.0870. The van der Waals surface area contributed by atoms with Gasteiger partial charge in [-0.2, -0.15) is 0 Å². The van der Waals surface area contributed by atoms with Crippen molar-refractivity contribution in [1.82, 2.24) is 0 Å².